The molecule has 2 aliphatic heterocycles. The summed E-state index contributed by atoms with van der Waals surface area (Å²) in [5.41, 5.74) is 5.69. The number of halogens is 1. The molecule has 0 aromatic heterocycles. The third-order valence-electron chi connectivity index (χ3n) is 5.40. The molecule has 13 heteroatoms. The van der Waals surface area contributed by atoms with Crippen molar-refractivity contribution in [2.24, 2.45) is 5.73 Å². The molecule has 2 unspecified atom stereocenters. The van der Waals surface area contributed by atoms with E-state index in [-0.39, 0.29) is 33.8 Å². The first-order valence-corrected chi connectivity index (χ1v) is 16.0. The van der Waals surface area contributed by atoms with Crippen LogP contribution < -0.4 is 10.5 Å². The minimum atomic E-state index is -1.21. The highest BCUT2D eigenvalue weighted by Crippen LogP contribution is 2.16. The summed E-state index contributed by atoms with van der Waals surface area (Å²) >= 11 is 0. The van der Waals surface area contributed by atoms with Crippen LogP contribution in [0.3, 0.4) is 0 Å². The Hall–Kier alpha value is -0.950. The molecule has 2 atom stereocenters. The number of nitrogens with one attached hydrogen (secondary N) is 1. The van der Waals surface area contributed by atoms with Crippen molar-refractivity contribution in [2.75, 3.05) is 39.4 Å². The van der Waals surface area contributed by atoms with E-state index in [1.165, 1.54) is 0 Å². The lowest BCUT2D eigenvalue weighted by molar-refractivity contribution is 0.0961. The second-order valence-corrected chi connectivity index (χ2v) is 15.3. The van der Waals surface area contributed by atoms with E-state index in [0.717, 1.165) is 38.8 Å². The molecule has 0 bridgehead atoms. The Balaban J connectivity index is 0.000000586. The minimum absolute atomic E-state index is 0.204. The van der Waals surface area contributed by atoms with Crippen LogP contribution in [-0.4, -0.2) is 91.4 Å². The van der Waals surface area contributed by atoms with E-state index in [4.69, 9.17) is 25.9 Å². The molecule has 3 N–H and O–H groups in total. The monoisotopic (exact) mass is 588 g/mol. The molecule has 2 amide bonds. The van der Waals surface area contributed by atoms with Gasteiger partial charge in [-0.1, -0.05) is 0 Å². The van der Waals surface area contributed by atoms with E-state index in [1.54, 1.807) is 16.7 Å². The summed E-state index contributed by atoms with van der Waals surface area (Å²) in [5, 5.41) is 0. The minimum Gasteiger partial charge on any atom is -0.450 e. The zero-order valence-electron chi connectivity index (χ0n) is 23.8. The summed E-state index contributed by atoms with van der Waals surface area (Å²) in [6, 6.07) is 0.478. The van der Waals surface area contributed by atoms with Crippen molar-refractivity contribution >= 4 is 43.9 Å². The van der Waals surface area contributed by atoms with Gasteiger partial charge in [0.15, 0.2) is 0 Å². The summed E-state index contributed by atoms with van der Waals surface area (Å²) in [4.78, 5) is 26.1. The van der Waals surface area contributed by atoms with E-state index < -0.39 is 21.0 Å². The van der Waals surface area contributed by atoms with Crippen LogP contribution in [0.1, 0.15) is 81.1 Å². The molecule has 0 saturated carbocycles. The van der Waals surface area contributed by atoms with Gasteiger partial charge in [0.25, 0.3) is 0 Å². The number of carbonyl (C=O) groups excluding carboxylic acids is 2. The molecule has 0 aromatic carbocycles. The van der Waals surface area contributed by atoms with Crippen LogP contribution >= 0.6 is 10.7 Å². The number of likely N-dealkylation sites (tertiary alicyclic amines) is 2. The molecule has 10 nitrogen and oxygen atoms in total. The zero-order chi connectivity index (χ0) is 28.8. The number of nitrogens with two attached hydrogens (primary N) is 1. The molecule has 2 heterocycles. The normalized spacial score (nSPS) is 19.0. The molecule has 2 saturated heterocycles. The van der Waals surface area contributed by atoms with Crippen LogP contribution in [0.15, 0.2) is 0 Å². The Bertz CT molecular complexity index is 730. The predicted octanol–water partition coefficient (Wildman–Crippen LogP) is 3.91. The molecular weight excluding hydrogens is 540 g/mol. The van der Waals surface area contributed by atoms with Crippen LogP contribution in [-0.2, 0) is 30.5 Å². The van der Waals surface area contributed by atoms with E-state index in [0.29, 0.717) is 26.3 Å². The Labute approximate surface area is 233 Å². The maximum absolute atomic E-state index is 11.9. The quantitative estimate of drug-likeness (QED) is 0.476. The Morgan fingerprint density at radius 3 is 1.49 bits per heavy atom. The first kappa shape index (κ1) is 36.0. The van der Waals surface area contributed by atoms with Crippen LogP contribution in [0.4, 0.5) is 9.59 Å². The summed E-state index contributed by atoms with van der Waals surface area (Å²) in [6.07, 6.45) is 2.97. The molecule has 2 fully saturated rings. The summed E-state index contributed by atoms with van der Waals surface area (Å²) in [6.45, 7) is 18.6. The number of ether oxygens (including phenoxy) is 2. The van der Waals surface area contributed by atoms with Gasteiger partial charge in [0.1, 0.15) is 10.0 Å². The van der Waals surface area contributed by atoms with E-state index in [9.17, 15) is 18.0 Å². The van der Waals surface area contributed by atoms with Crippen molar-refractivity contribution in [1.29, 1.82) is 0 Å². The number of piperidine rings is 2. The fourth-order valence-corrected chi connectivity index (χ4v) is 3.91. The molecule has 0 radical (unpaired) electrons. The number of carbonyl (C=O) groups is 2. The maximum atomic E-state index is 11.9. The smallest absolute Gasteiger partial charge is 0.409 e. The van der Waals surface area contributed by atoms with Gasteiger partial charge in [0.2, 0.25) is 0 Å². The van der Waals surface area contributed by atoms with Crippen molar-refractivity contribution in [3.63, 3.8) is 0 Å². The molecule has 37 heavy (non-hydrogen) atoms. The van der Waals surface area contributed by atoms with Crippen molar-refractivity contribution in [2.45, 2.75) is 103 Å². The lowest BCUT2D eigenvalue weighted by Crippen LogP contribution is -2.47. The third kappa shape index (κ3) is 15.9. The molecule has 0 aromatic rings. The molecule has 2 aliphatic rings. The first-order chi connectivity index (χ1) is 17.0. The van der Waals surface area contributed by atoms with Gasteiger partial charge in [0.05, 0.1) is 33.7 Å². The number of amides is 2. The van der Waals surface area contributed by atoms with Gasteiger partial charge in [-0.2, -0.15) is 0 Å². The number of hydrogen-bond donors (Lipinski definition) is 2. The van der Waals surface area contributed by atoms with Gasteiger partial charge in [-0.05, 0) is 91.8 Å². The number of nitrogens with zero attached hydrogens (tertiary/aromatic N) is 2. The third-order valence-corrected chi connectivity index (χ3v) is 9.41. The summed E-state index contributed by atoms with van der Waals surface area (Å²) in [7, 11) is 2.97. The summed E-state index contributed by atoms with van der Waals surface area (Å²) < 4.78 is 34.7. The Morgan fingerprint density at radius 1 is 0.838 bits per heavy atom. The van der Waals surface area contributed by atoms with Crippen LogP contribution in [0, 0.1) is 0 Å². The van der Waals surface area contributed by atoms with E-state index in [1.807, 2.05) is 48.5 Å². The molecule has 220 valence electrons. The largest absolute Gasteiger partial charge is 0.450 e. The lowest BCUT2D eigenvalue weighted by atomic mass is 10.1. The molecule has 2 rings (SSSR count). The number of hydrogen-bond acceptors (Lipinski definition) is 7. The first-order valence-electron chi connectivity index (χ1n) is 12.9. The highest BCUT2D eigenvalue weighted by Gasteiger charge is 2.27. The second-order valence-electron chi connectivity index (χ2n) is 10.8. The molecular formula is C24H49ClN4O6S2. The van der Waals surface area contributed by atoms with Gasteiger partial charge in [0, 0.05) is 38.3 Å². The Kier molecular flexibility index (Phi) is 17.1. The Morgan fingerprint density at radius 2 is 1.19 bits per heavy atom. The van der Waals surface area contributed by atoms with Crippen LogP contribution in [0.2, 0.25) is 0 Å². The standard InChI is InChI=1S/C12H24N2O3S.C8H16N2O2.C4H9ClOS/c1-5-17-11(15)14-8-6-10(7-9-14)13-18(16)12(2,3)4;1-2-12-8(11)10-5-3-7(9)4-6-10;1-4(2,3)7(5)6/h10,13H,5-9H2,1-4H3;7H,2-6,9H2,1H3;1-3H3. The van der Waals surface area contributed by atoms with Crippen molar-refractivity contribution < 1.29 is 27.5 Å². The van der Waals surface area contributed by atoms with Gasteiger partial charge in [-0.25, -0.2) is 22.7 Å². The summed E-state index contributed by atoms with van der Waals surface area (Å²) in [5.74, 6) is 0. The van der Waals surface area contributed by atoms with Crippen molar-refractivity contribution in [1.82, 2.24) is 14.5 Å². The van der Waals surface area contributed by atoms with E-state index >= 15 is 0 Å². The second kappa shape index (κ2) is 17.6. The zero-order valence-corrected chi connectivity index (χ0v) is 26.2. The molecule has 0 spiro atoms. The van der Waals surface area contributed by atoms with Gasteiger partial charge in [-0.15, -0.1) is 0 Å². The van der Waals surface area contributed by atoms with Crippen LogP contribution in [0.5, 0.6) is 0 Å². The highest BCUT2D eigenvalue weighted by atomic mass is 35.7. The van der Waals surface area contributed by atoms with Gasteiger partial charge < -0.3 is 25.0 Å². The fraction of sp³-hybridized carbons (Fsp3) is 0.917. The average Bonchev–Trinajstić information content (AvgIpc) is 2.80. The van der Waals surface area contributed by atoms with Crippen LogP contribution in [0.25, 0.3) is 0 Å². The predicted molar refractivity (Wildman–Crippen MR) is 152 cm³/mol. The SMILES string of the molecule is CC(C)(C)S(=O)Cl.CCOC(=O)N1CCC(N)CC1.CCOC(=O)N1CCC(NS(=O)C(C)(C)C)CC1. The van der Waals surface area contributed by atoms with Gasteiger partial charge in [-0.3, -0.25) is 0 Å². The highest BCUT2D eigenvalue weighted by molar-refractivity contribution is 8.09. The lowest BCUT2D eigenvalue weighted by Gasteiger charge is -2.32. The topological polar surface area (TPSA) is 131 Å². The fourth-order valence-electron chi connectivity index (χ4n) is 3.02. The number of rotatable bonds is 4. The maximum Gasteiger partial charge on any atom is 0.409 e. The molecule has 0 aliphatic carbocycles. The average molecular weight is 589 g/mol. The van der Waals surface area contributed by atoms with E-state index in [2.05, 4.69) is 4.72 Å². The van der Waals surface area contributed by atoms with Gasteiger partial charge >= 0.3 is 12.2 Å². The van der Waals surface area contributed by atoms with Crippen molar-refractivity contribution in [3.05, 3.63) is 0 Å². The van der Waals surface area contributed by atoms with Crippen molar-refractivity contribution in [3.8, 4) is 0 Å².